The Labute approximate surface area is 164 Å². The van der Waals surface area contributed by atoms with Gasteiger partial charge in [0.2, 0.25) is 0 Å². The molecule has 2 aromatic heterocycles. The summed E-state index contributed by atoms with van der Waals surface area (Å²) in [5.74, 6) is 0. The molecule has 132 valence electrons. The van der Waals surface area contributed by atoms with Crippen LogP contribution in [0.5, 0.6) is 0 Å². The molecule has 0 N–H and O–H groups in total. The highest BCUT2D eigenvalue weighted by Gasteiger charge is 2.22. The molecular formula is C19H17ClN4S2. The predicted molar refractivity (Wildman–Crippen MR) is 113 cm³/mol. The Morgan fingerprint density at radius 1 is 0.885 bits per heavy atom. The third-order valence-electron chi connectivity index (χ3n) is 4.71. The quantitative estimate of drug-likeness (QED) is 0.463. The first-order chi connectivity index (χ1) is 12.7. The van der Waals surface area contributed by atoms with E-state index in [1.165, 1.54) is 10.3 Å². The lowest BCUT2D eigenvalue weighted by atomic mass is 10.2. The van der Waals surface area contributed by atoms with Crippen molar-refractivity contribution in [3.8, 4) is 0 Å². The molecule has 0 bridgehead atoms. The second-order valence-corrected chi connectivity index (χ2v) is 8.95. The zero-order valence-electron chi connectivity index (χ0n) is 14.3. The Morgan fingerprint density at radius 3 is 2.31 bits per heavy atom. The van der Waals surface area contributed by atoms with E-state index in [0.717, 1.165) is 57.2 Å². The highest BCUT2D eigenvalue weighted by atomic mass is 35.5. The summed E-state index contributed by atoms with van der Waals surface area (Å²) in [7, 11) is 0. The van der Waals surface area contributed by atoms with E-state index in [4.69, 9.17) is 21.6 Å². The summed E-state index contributed by atoms with van der Waals surface area (Å²) in [6.07, 6.45) is 0. The van der Waals surface area contributed by atoms with Gasteiger partial charge in [0, 0.05) is 26.2 Å². The molecule has 7 heteroatoms. The van der Waals surface area contributed by atoms with Gasteiger partial charge in [-0.2, -0.15) is 0 Å². The number of thiazole rings is 2. The highest BCUT2D eigenvalue weighted by molar-refractivity contribution is 7.22. The van der Waals surface area contributed by atoms with Crippen LogP contribution in [0.2, 0.25) is 5.02 Å². The average Bonchev–Trinajstić information content (AvgIpc) is 3.26. The number of halogens is 1. The van der Waals surface area contributed by atoms with E-state index in [9.17, 15) is 0 Å². The molecule has 1 fully saturated rings. The fourth-order valence-electron chi connectivity index (χ4n) is 3.28. The molecule has 1 aliphatic rings. The average molecular weight is 401 g/mol. The number of rotatable bonds is 2. The van der Waals surface area contributed by atoms with Crippen molar-refractivity contribution in [3.05, 3.63) is 47.0 Å². The van der Waals surface area contributed by atoms with Crippen molar-refractivity contribution in [1.82, 2.24) is 9.97 Å². The van der Waals surface area contributed by atoms with Crippen molar-refractivity contribution in [2.24, 2.45) is 0 Å². The van der Waals surface area contributed by atoms with Gasteiger partial charge in [-0.1, -0.05) is 46.4 Å². The predicted octanol–water partition coefficient (Wildman–Crippen LogP) is 5.19. The van der Waals surface area contributed by atoms with Gasteiger partial charge in [0.05, 0.1) is 19.9 Å². The topological polar surface area (TPSA) is 32.3 Å². The number of piperazine rings is 1. The summed E-state index contributed by atoms with van der Waals surface area (Å²) in [5, 5.41) is 2.92. The number of hydrogen-bond acceptors (Lipinski definition) is 6. The van der Waals surface area contributed by atoms with Gasteiger partial charge in [0.1, 0.15) is 5.52 Å². The van der Waals surface area contributed by atoms with Gasteiger partial charge in [-0.25, -0.2) is 9.97 Å². The number of aryl methyl sites for hydroxylation is 1. The van der Waals surface area contributed by atoms with E-state index in [2.05, 4.69) is 41.0 Å². The molecule has 5 rings (SSSR count). The minimum absolute atomic E-state index is 0.730. The molecule has 4 aromatic rings. The van der Waals surface area contributed by atoms with Crippen LogP contribution in [0.4, 0.5) is 10.3 Å². The van der Waals surface area contributed by atoms with E-state index in [0.29, 0.717) is 0 Å². The minimum Gasteiger partial charge on any atom is -0.345 e. The third kappa shape index (κ3) is 2.82. The monoisotopic (exact) mass is 400 g/mol. The fraction of sp³-hybridized carbons (Fsp3) is 0.263. The number of benzene rings is 2. The van der Waals surface area contributed by atoms with Crippen molar-refractivity contribution in [1.29, 1.82) is 0 Å². The van der Waals surface area contributed by atoms with Gasteiger partial charge in [-0.3, -0.25) is 0 Å². The largest absolute Gasteiger partial charge is 0.345 e. The Hall–Kier alpha value is -1.89. The number of hydrogen-bond donors (Lipinski definition) is 0. The lowest BCUT2D eigenvalue weighted by Gasteiger charge is -2.34. The second kappa shape index (κ2) is 6.37. The fourth-order valence-corrected chi connectivity index (χ4v) is 5.71. The second-order valence-electron chi connectivity index (χ2n) is 6.52. The van der Waals surface area contributed by atoms with Crippen LogP contribution in [0.15, 0.2) is 36.4 Å². The van der Waals surface area contributed by atoms with Gasteiger partial charge < -0.3 is 9.80 Å². The molecule has 0 atom stereocenters. The summed E-state index contributed by atoms with van der Waals surface area (Å²) in [4.78, 5) is 14.3. The Morgan fingerprint density at radius 2 is 1.58 bits per heavy atom. The zero-order chi connectivity index (χ0) is 17.7. The van der Waals surface area contributed by atoms with E-state index in [1.54, 1.807) is 22.7 Å². The van der Waals surface area contributed by atoms with Crippen molar-refractivity contribution in [3.63, 3.8) is 0 Å². The lowest BCUT2D eigenvalue weighted by Crippen LogP contribution is -2.46. The van der Waals surface area contributed by atoms with Crippen molar-refractivity contribution in [2.75, 3.05) is 36.0 Å². The highest BCUT2D eigenvalue weighted by Crippen LogP contribution is 2.34. The van der Waals surface area contributed by atoms with Gasteiger partial charge in [0.25, 0.3) is 0 Å². The summed E-state index contributed by atoms with van der Waals surface area (Å²) >= 11 is 9.78. The minimum atomic E-state index is 0.730. The zero-order valence-corrected chi connectivity index (χ0v) is 16.7. The van der Waals surface area contributed by atoms with Crippen LogP contribution >= 0.6 is 34.3 Å². The molecule has 0 radical (unpaired) electrons. The number of aromatic nitrogens is 2. The standard InChI is InChI=1S/C19H17ClN4S2/c1-12-5-6-14-16(11-12)26-18(21-14)23-7-9-24(10-8-23)19-22-17-13(20)3-2-4-15(17)25-19/h2-6,11H,7-10H2,1H3. The van der Waals surface area contributed by atoms with Crippen LogP contribution in [0.25, 0.3) is 20.4 Å². The molecule has 0 aliphatic carbocycles. The normalized spacial score (nSPS) is 15.3. The molecule has 1 aliphatic heterocycles. The van der Waals surface area contributed by atoms with Crippen molar-refractivity contribution in [2.45, 2.75) is 6.92 Å². The van der Waals surface area contributed by atoms with Gasteiger partial charge >= 0.3 is 0 Å². The van der Waals surface area contributed by atoms with E-state index in [-0.39, 0.29) is 0 Å². The maximum absolute atomic E-state index is 6.27. The number of fused-ring (bicyclic) bond motifs is 2. The van der Waals surface area contributed by atoms with Gasteiger partial charge in [-0.15, -0.1) is 0 Å². The first kappa shape index (κ1) is 16.3. The Balaban J connectivity index is 1.35. The first-order valence-electron chi connectivity index (χ1n) is 8.59. The molecular weight excluding hydrogens is 384 g/mol. The molecule has 1 saturated heterocycles. The summed E-state index contributed by atoms with van der Waals surface area (Å²) in [5.41, 5.74) is 3.30. The number of nitrogens with zero attached hydrogens (tertiary/aromatic N) is 4. The number of para-hydroxylation sites is 1. The Kier molecular flexibility index (Phi) is 3.99. The smallest absolute Gasteiger partial charge is 0.186 e. The van der Waals surface area contributed by atoms with Crippen LogP contribution in [-0.4, -0.2) is 36.1 Å². The van der Waals surface area contributed by atoms with E-state index < -0.39 is 0 Å². The molecule has 0 saturated carbocycles. The van der Waals surface area contributed by atoms with E-state index in [1.807, 2.05) is 12.1 Å². The van der Waals surface area contributed by atoms with Crippen molar-refractivity contribution >= 4 is 65.0 Å². The van der Waals surface area contributed by atoms with Crippen LogP contribution < -0.4 is 9.80 Å². The molecule has 0 spiro atoms. The first-order valence-corrected chi connectivity index (χ1v) is 10.6. The summed E-state index contributed by atoms with van der Waals surface area (Å²) < 4.78 is 2.42. The van der Waals surface area contributed by atoms with Crippen molar-refractivity contribution < 1.29 is 0 Å². The van der Waals surface area contributed by atoms with Gasteiger partial charge in [0.15, 0.2) is 10.3 Å². The van der Waals surface area contributed by atoms with Crippen LogP contribution in [-0.2, 0) is 0 Å². The molecule has 26 heavy (non-hydrogen) atoms. The SMILES string of the molecule is Cc1ccc2nc(N3CCN(c4nc5c(Cl)cccc5s4)CC3)sc2c1. The molecule has 3 heterocycles. The summed E-state index contributed by atoms with van der Waals surface area (Å²) in [6.45, 7) is 5.95. The van der Waals surface area contributed by atoms with E-state index >= 15 is 0 Å². The molecule has 0 unspecified atom stereocenters. The van der Waals surface area contributed by atoms with Crippen LogP contribution in [0.3, 0.4) is 0 Å². The van der Waals surface area contributed by atoms with Gasteiger partial charge in [-0.05, 0) is 36.8 Å². The maximum atomic E-state index is 6.27. The molecule has 2 aromatic carbocycles. The molecule has 4 nitrogen and oxygen atoms in total. The maximum Gasteiger partial charge on any atom is 0.186 e. The van der Waals surface area contributed by atoms with Crippen LogP contribution in [0, 0.1) is 6.92 Å². The third-order valence-corrected chi connectivity index (χ3v) is 7.18. The number of anilines is 2. The summed E-state index contributed by atoms with van der Waals surface area (Å²) in [6, 6.07) is 12.4. The Bertz CT molecular complexity index is 1100. The molecule has 0 amide bonds. The van der Waals surface area contributed by atoms with Crippen LogP contribution in [0.1, 0.15) is 5.56 Å². The lowest BCUT2D eigenvalue weighted by molar-refractivity contribution is 0.651.